The molecular formula is C26H29N5O5. The Kier molecular flexibility index (Phi) is 7.23. The molecule has 0 radical (unpaired) electrons. The first-order chi connectivity index (χ1) is 17.4. The third kappa shape index (κ3) is 4.74. The zero-order chi connectivity index (χ0) is 25.8. The van der Waals surface area contributed by atoms with Gasteiger partial charge in [-0.2, -0.15) is 10.1 Å². The molecule has 1 unspecified atom stereocenters. The third-order valence-electron chi connectivity index (χ3n) is 5.98. The first-order valence-electron chi connectivity index (χ1n) is 11.5. The van der Waals surface area contributed by atoms with Crippen molar-refractivity contribution in [2.24, 2.45) is 0 Å². The smallest absolute Gasteiger partial charge is 0.338 e. The second-order valence-electron chi connectivity index (χ2n) is 8.24. The quantitative estimate of drug-likeness (QED) is 0.477. The molecule has 1 aromatic heterocycles. The molecule has 188 valence electrons. The molecule has 1 aliphatic heterocycles. The minimum absolute atomic E-state index is 0.108. The highest BCUT2D eigenvalue weighted by atomic mass is 16.5. The van der Waals surface area contributed by atoms with Gasteiger partial charge < -0.3 is 24.4 Å². The monoisotopic (exact) mass is 491 g/mol. The summed E-state index contributed by atoms with van der Waals surface area (Å²) >= 11 is 0. The molecule has 10 heteroatoms. The normalized spacial score (nSPS) is 14.8. The maximum Gasteiger partial charge on any atom is 0.338 e. The van der Waals surface area contributed by atoms with Crippen LogP contribution in [0.4, 0.5) is 11.6 Å². The maximum absolute atomic E-state index is 13.2. The Morgan fingerprint density at radius 2 is 1.81 bits per heavy atom. The van der Waals surface area contributed by atoms with Crippen molar-refractivity contribution in [1.29, 1.82) is 0 Å². The minimum Gasteiger partial charge on any atom is -0.497 e. The van der Waals surface area contributed by atoms with E-state index in [1.54, 1.807) is 48.7 Å². The molecule has 1 atom stereocenters. The Balaban J connectivity index is 1.70. The lowest BCUT2D eigenvalue weighted by atomic mass is 9.94. The van der Waals surface area contributed by atoms with E-state index in [9.17, 15) is 9.59 Å². The second kappa shape index (κ2) is 10.5. The van der Waals surface area contributed by atoms with E-state index in [1.165, 1.54) is 13.4 Å². The number of carbonyl (C=O) groups excluding carboxylic acids is 2. The number of esters is 1. The van der Waals surface area contributed by atoms with Crippen molar-refractivity contribution >= 4 is 23.5 Å². The van der Waals surface area contributed by atoms with Gasteiger partial charge in [-0.15, -0.1) is 0 Å². The number of hydrogen-bond donors (Lipinski definition) is 1. The van der Waals surface area contributed by atoms with Crippen LogP contribution in [-0.4, -0.2) is 54.0 Å². The van der Waals surface area contributed by atoms with Gasteiger partial charge in [-0.05, 0) is 38.5 Å². The highest BCUT2D eigenvalue weighted by Crippen LogP contribution is 2.38. The average Bonchev–Trinajstić information content (AvgIpc) is 3.36. The Bertz CT molecular complexity index is 1300. The van der Waals surface area contributed by atoms with Gasteiger partial charge in [0, 0.05) is 11.8 Å². The number of ether oxygens (including phenoxy) is 3. The number of nitrogens with zero attached hydrogens (tertiary/aromatic N) is 4. The van der Waals surface area contributed by atoms with Gasteiger partial charge in [0.05, 0.1) is 32.1 Å². The molecule has 0 saturated heterocycles. The molecule has 2 aromatic carbocycles. The van der Waals surface area contributed by atoms with E-state index in [0.29, 0.717) is 34.4 Å². The van der Waals surface area contributed by atoms with Crippen LogP contribution in [0.15, 0.2) is 60.1 Å². The number of nitrogens with one attached hydrogen (secondary N) is 1. The molecule has 0 bridgehead atoms. The van der Waals surface area contributed by atoms with Gasteiger partial charge >= 0.3 is 5.97 Å². The fourth-order valence-corrected chi connectivity index (χ4v) is 4.18. The molecular weight excluding hydrogens is 462 g/mol. The second-order valence-corrected chi connectivity index (χ2v) is 8.24. The Labute approximate surface area is 209 Å². The summed E-state index contributed by atoms with van der Waals surface area (Å²) in [6.07, 6.45) is 1.41. The highest BCUT2D eigenvalue weighted by Gasteiger charge is 2.38. The zero-order valence-electron chi connectivity index (χ0n) is 20.9. The molecule has 0 fully saturated rings. The van der Waals surface area contributed by atoms with E-state index in [1.807, 2.05) is 31.2 Å². The van der Waals surface area contributed by atoms with Crippen LogP contribution in [0.5, 0.6) is 11.5 Å². The number of rotatable bonds is 8. The third-order valence-corrected chi connectivity index (χ3v) is 5.98. The van der Waals surface area contributed by atoms with Crippen molar-refractivity contribution in [3.8, 4) is 11.5 Å². The van der Waals surface area contributed by atoms with E-state index < -0.39 is 12.0 Å². The number of allylic oxidation sites excluding steroid dienone is 1. The molecule has 3 aromatic rings. The van der Waals surface area contributed by atoms with Crippen molar-refractivity contribution in [2.45, 2.75) is 26.8 Å². The lowest BCUT2D eigenvalue weighted by Crippen LogP contribution is -2.40. The van der Waals surface area contributed by atoms with E-state index in [4.69, 9.17) is 14.2 Å². The van der Waals surface area contributed by atoms with E-state index in [-0.39, 0.29) is 19.1 Å². The summed E-state index contributed by atoms with van der Waals surface area (Å²) < 4.78 is 17.7. The van der Waals surface area contributed by atoms with Crippen molar-refractivity contribution in [1.82, 2.24) is 14.8 Å². The molecule has 4 rings (SSSR count). The number of hydrogen-bond acceptors (Lipinski definition) is 8. The summed E-state index contributed by atoms with van der Waals surface area (Å²) in [6.45, 7) is 5.65. The van der Waals surface area contributed by atoms with Crippen LogP contribution in [-0.2, 0) is 14.3 Å². The maximum atomic E-state index is 13.2. The molecule has 10 nitrogen and oxygen atoms in total. The topological polar surface area (TPSA) is 108 Å². The van der Waals surface area contributed by atoms with Crippen LogP contribution in [0.1, 0.15) is 31.0 Å². The lowest BCUT2D eigenvalue weighted by molar-refractivity contribution is -0.139. The summed E-state index contributed by atoms with van der Waals surface area (Å²) in [6, 6.07) is 12.4. The van der Waals surface area contributed by atoms with Crippen LogP contribution in [0.25, 0.3) is 0 Å². The number of aromatic nitrogens is 3. The molecule has 2 heterocycles. The largest absolute Gasteiger partial charge is 0.497 e. The Hall–Kier alpha value is -4.34. The molecule has 0 saturated carbocycles. The van der Waals surface area contributed by atoms with Gasteiger partial charge in [0.2, 0.25) is 11.9 Å². The van der Waals surface area contributed by atoms with Gasteiger partial charge in [-0.3, -0.25) is 4.79 Å². The number of aryl methyl sites for hydroxylation is 1. The summed E-state index contributed by atoms with van der Waals surface area (Å²) in [4.78, 5) is 32.4. The first-order valence-corrected chi connectivity index (χ1v) is 11.5. The minimum atomic E-state index is -0.539. The highest BCUT2D eigenvalue weighted by molar-refractivity contribution is 5.97. The van der Waals surface area contributed by atoms with Crippen LogP contribution in [0.2, 0.25) is 0 Å². The summed E-state index contributed by atoms with van der Waals surface area (Å²) in [5, 5.41) is 7.27. The van der Waals surface area contributed by atoms with Gasteiger partial charge in [0.25, 0.3) is 0 Å². The summed E-state index contributed by atoms with van der Waals surface area (Å²) in [5.74, 6) is 0.716. The molecule has 1 aliphatic rings. The molecule has 36 heavy (non-hydrogen) atoms. The number of fused-ring (bicyclic) bond motifs is 1. The first kappa shape index (κ1) is 24.8. The lowest BCUT2D eigenvalue weighted by Gasteiger charge is -2.35. The molecule has 1 amide bonds. The van der Waals surface area contributed by atoms with Gasteiger partial charge in [0.15, 0.2) is 0 Å². The van der Waals surface area contributed by atoms with Crippen molar-refractivity contribution in [2.75, 3.05) is 37.6 Å². The van der Waals surface area contributed by atoms with E-state index in [0.717, 1.165) is 11.1 Å². The molecule has 1 N–H and O–H groups in total. The van der Waals surface area contributed by atoms with Gasteiger partial charge in [-0.1, -0.05) is 29.8 Å². The van der Waals surface area contributed by atoms with Crippen LogP contribution < -0.4 is 19.7 Å². The summed E-state index contributed by atoms with van der Waals surface area (Å²) in [7, 11) is 3.07. The fraction of sp³-hybridized carbons (Fsp3) is 0.308. The fourth-order valence-electron chi connectivity index (χ4n) is 4.18. The molecule has 0 aliphatic carbocycles. The number of anilines is 2. The predicted octanol–water partition coefficient (Wildman–Crippen LogP) is 3.49. The number of carbonyl (C=O) groups is 2. The van der Waals surface area contributed by atoms with Crippen molar-refractivity contribution < 1.29 is 23.8 Å². The van der Waals surface area contributed by atoms with E-state index in [2.05, 4.69) is 15.4 Å². The average molecular weight is 492 g/mol. The van der Waals surface area contributed by atoms with Crippen LogP contribution in [0, 0.1) is 6.92 Å². The zero-order valence-corrected chi connectivity index (χ0v) is 20.9. The number of methoxy groups -OCH3 is 2. The SMILES string of the molecule is CCOC(=O)C1=C(C)N(CC(=O)Nc2ccc(OC)cc2OC)c2ncnn2C1c1ccc(C)cc1. The Morgan fingerprint density at radius 3 is 2.47 bits per heavy atom. The van der Waals surface area contributed by atoms with Crippen LogP contribution in [0.3, 0.4) is 0 Å². The van der Waals surface area contributed by atoms with Gasteiger partial charge in [0.1, 0.15) is 30.4 Å². The predicted molar refractivity (Wildman–Crippen MR) is 134 cm³/mol. The molecule has 0 spiro atoms. The number of amides is 1. The van der Waals surface area contributed by atoms with Gasteiger partial charge in [-0.25, -0.2) is 9.48 Å². The van der Waals surface area contributed by atoms with Crippen molar-refractivity contribution in [3.05, 3.63) is 71.2 Å². The summed E-state index contributed by atoms with van der Waals surface area (Å²) in [5.41, 5.74) is 3.41. The van der Waals surface area contributed by atoms with Crippen molar-refractivity contribution in [3.63, 3.8) is 0 Å². The Morgan fingerprint density at radius 1 is 1.06 bits per heavy atom. The van der Waals surface area contributed by atoms with E-state index >= 15 is 0 Å². The number of benzene rings is 2. The van der Waals surface area contributed by atoms with Crippen LogP contribution >= 0.6 is 0 Å². The standard InChI is InChI=1S/C26H29N5O5/c1-6-36-25(33)23-17(3)30(14-22(32)29-20-12-11-19(34-4)13-21(20)35-5)26-27-15-28-31(26)24(23)18-9-7-16(2)8-10-18/h7-13,15,24H,6,14H2,1-5H3,(H,29,32).